The Hall–Kier alpha value is -8.80. The van der Waals surface area contributed by atoms with Gasteiger partial charge in [-0.05, 0) is 194 Å². The summed E-state index contributed by atoms with van der Waals surface area (Å²) in [4.78, 5) is 4.89. The topological polar surface area (TPSA) is 35.9 Å². The minimum atomic E-state index is -2.91. The highest BCUT2D eigenvalue weighted by Crippen LogP contribution is 2.49. The van der Waals surface area contributed by atoms with Crippen LogP contribution in [0.1, 0.15) is 91.4 Å². The number of imidazole rings is 1. The lowest BCUT2D eigenvalue weighted by Crippen LogP contribution is -2.32. The molecule has 9 aromatic carbocycles. The minimum Gasteiger partial charge on any atom is -0.458 e. The van der Waals surface area contributed by atoms with Crippen LogP contribution in [-0.4, -0.2) is 14.1 Å². The summed E-state index contributed by atoms with van der Waals surface area (Å²) in [6.07, 6.45) is 5.63. The van der Waals surface area contributed by atoms with Gasteiger partial charge in [-0.25, -0.2) is 4.98 Å². The molecule has 3 aromatic heterocycles. The fraction of sp³-hybridized carbons (Fsp3) is 0.167. The van der Waals surface area contributed by atoms with Crippen LogP contribution >= 0.6 is 0 Å². The second-order valence-electron chi connectivity index (χ2n) is 22.2. The maximum Gasteiger partial charge on any atom is 0.269 e. The van der Waals surface area contributed by atoms with Gasteiger partial charge in [0.05, 0.1) is 33.4 Å². The van der Waals surface area contributed by atoms with Crippen molar-refractivity contribution in [3.63, 3.8) is 0 Å². The van der Waals surface area contributed by atoms with Gasteiger partial charge in [0.25, 0.3) is 6.33 Å². The number of hydrogen-bond acceptors (Lipinski definition) is 2. The third-order valence-corrected chi connectivity index (χ3v) is 15.2. The number of aromatic nitrogens is 4. The van der Waals surface area contributed by atoms with Gasteiger partial charge < -0.3 is 4.74 Å². The third kappa shape index (κ3) is 7.98. The lowest BCUT2D eigenvalue weighted by molar-refractivity contribution is -0.570. The minimum absolute atomic E-state index is 0.0873. The van der Waals surface area contributed by atoms with Gasteiger partial charge in [0, 0.05) is 39.5 Å². The Morgan fingerprint density at radius 3 is 1.73 bits per heavy atom. The van der Waals surface area contributed by atoms with Crippen molar-refractivity contribution in [2.75, 3.05) is 0 Å². The van der Waals surface area contributed by atoms with Crippen LogP contribution in [0.2, 0.25) is 0 Å². The highest BCUT2D eigenvalue weighted by Gasteiger charge is 2.30. The highest BCUT2D eigenvalue weighted by molar-refractivity contribution is 6.09. The van der Waals surface area contributed by atoms with Crippen molar-refractivity contribution >= 4 is 32.8 Å². The van der Waals surface area contributed by atoms with E-state index in [1.807, 2.05) is 106 Å². The first-order valence-corrected chi connectivity index (χ1v) is 25.9. The molecule has 13 rings (SSSR count). The molecule has 1 aliphatic heterocycles. The van der Waals surface area contributed by atoms with Crippen LogP contribution in [0, 0.1) is 33.7 Å². The zero-order valence-electron chi connectivity index (χ0n) is 55.7. The molecule has 12 aromatic rings. The number of aryl methyl sites for hydroxylation is 4. The van der Waals surface area contributed by atoms with Crippen LogP contribution in [0.15, 0.2) is 194 Å². The monoisotopic (exact) mass is 1010 g/mol. The molecule has 0 amide bonds. The molecule has 0 unspecified atom stereocenters. The molecule has 4 heterocycles. The molecule has 0 saturated heterocycles. The fourth-order valence-electron chi connectivity index (χ4n) is 11.3. The number of fused-ring (bicyclic) bond motifs is 10. The van der Waals surface area contributed by atoms with E-state index >= 15 is 0 Å². The maximum absolute atomic E-state index is 9.11. The van der Waals surface area contributed by atoms with Gasteiger partial charge in [-0.1, -0.05) is 157 Å². The molecule has 5 nitrogen and oxygen atoms in total. The van der Waals surface area contributed by atoms with Crippen LogP contribution < -0.4 is 9.30 Å². The lowest BCUT2D eigenvalue weighted by Gasteiger charge is -2.24. The number of rotatable bonds is 6. The van der Waals surface area contributed by atoms with Gasteiger partial charge in [0.1, 0.15) is 17.3 Å². The molecular weight excluding hydrogens is 937 g/mol. The van der Waals surface area contributed by atoms with Crippen molar-refractivity contribution in [1.29, 1.82) is 0 Å². The van der Waals surface area contributed by atoms with Gasteiger partial charge >= 0.3 is 0 Å². The molecule has 0 saturated carbocycles. The van der Waals surface area contributed by atoms with Gasteiger partial charge in [-0.2, -0.15) is 0 Å². The zero-order valence-corrected chi connectivity index (χ0v) is 43.7. The molecule has 0 aliphatic carbocycles. The van der Waals surface area contributed by atoms with Gasteiger partial charge in [0.2, 0.25) is 0 Å². The molecule has 0 N–H and O–H groups in total. The molecule has 0 bridgehead atoms. The molecule has 77 heavy (non-hydrogen) atoms. The Kier molecular flexibility index (Phi) is 8.43. The third-order valence-electron chi connectivity index (χ3n) is 15.2. The number of para-hydroxylation sites is 1. The molecular formula is C72H62N4O. The van der Waals surface area contributed by atoms with Crippen molar-refractivity contribution in [2.45, 2.75) is 79.8 Å². The molecule has 0 spiro atoms. The standard InChI is InChI=1S/C72H62N4O/c1-44-20-17-21-45(2)67(44)48-36-60-56-28-13-11-26-54(56)55-27-12-14-29-57(55)61-38-50(72(8,9)10)39-65-70(61)75(69(60)62(37-48)68-46(3)22-18-23-47(68)4)43-74(65)51-24-19-25-52(41-51)77-53-32-33-59-58-30-15-16-31-63(58)76(64(59)42-53)66-40-49(34-35-73-66)71(5,6)7/h11-42H,1-10H3/i1D3,2D3,3D3,4D3. The van der Waals surface area contributed by atoms with E-state index in [4.69, 9.17) is 26.2 Å². The Morgan fingerprint density at radius 2 is 1.05 bits per heavy atom. The largest absolute Gasteiger partial charge is 0.458 e. The average Bonchev–Trinajstić information content (AvgIpc) is 1.75. The van der Waals surface area contributed by atoms with Gasteiger partial charge in [0.15, 0.2) is 0 Å². The van der Waals surface area contributed by atoms with Crippen molar-refractivity contribution < 1.29 is 25.8 Å². The number of hydrogen-bond donors (Lipinski definition) is 0. The predicted octanol–water partition coefficient (Wildman–Crippen LogP) is 18.5. The van der Waals surface area contributed by atoms with E-state index in [2.05, 4.69) is 101 Å². The van der Waals surface area contributed by atoms with Crippen molar-refractivity contribution in [3.8, 4) is 84.3 Å². The number of pyridine rings is 1. The van der Waals surface area contributed by atoms with E-state index in [0.717, 1.165) is 61.0 Å². The van der Waals surface area contributed by atoms with Crippen molar-refractivity contribution in [2.24, 2.45) is 0 Å². The summed E-state index contributed by atoms with van der Waals surface area (Å²) in [5.74, 6) is 1.86. The number of ether oxygens (including phenoxy) is 1. The van der Waals surface area contributed by atoms with Gasteiger partial charge in [-0.3, -0.25) is 13.7 Å². The zero-order chi connectivity index (χ0) is 63.1. The van der Waals surface area contributed by atoms with Crippen LogP contribution in [0.3, 0.4) is 0 Å². The summed E-state index contributed by atoms with van der Waals surface area (Å²) >= 11 is 0. The number of benzene rings is 9. The van der Waals surface area contributed by atoms with Crippen LogP contribution in [0.5, 0.6) is 11.5 Å². The van der Waals surface area contributed by atoms with Crippen LogP contribution in [0.25, 0.3) is 106 Å². The van der Waals surface area contributed by atoms with E-state index in [1.165, 1.54) is 36.4 Å². The first kappa shape index (κ1) is 36.2. The first-order chi connectivity index (χ1) is 41.9. The Morgan fingerprint density at radius 1 is 0.468 bits per heavy atom. The molecule has 1 aliphatic rings. The SMILES string of the molecule is [2H]C([2H])([2H])c1cccc(C([2H])([2H])[2H])c1-c1cc2c(c(-c3c(C([2H])([2H])[2H])cccc3C([2H])([2H])[2H])c1)-[n+]1[c-]n(-c3cccc(Oc4ccc5c6ccccc6n(-c6cc(C(C)(C)C)ccn6)c5c4)c3)c3cc(C(C)(C)C)cc(c31)-c1ccccc1-c1ccccc1-2. The van der Waals surface area contributed by atoms with Crippen molar-refractivity contribution in [3.05, 3.63) is 234 Å². The van der Waals surface area contributed by atoms with Crippen LogP contribution in [0.4, 0.5) is 0 Å². The predicted molar refractivity (Wildman–Crippen MR) is 319 cm³/mol. The second-order valence-corrected chi connectivity index (χ2v) is 22.2. The Labute approximate surface area is 469 Å². The second kappa shape index (κ2) is 17.9. The summed E-state index contributed by atoms with van der Waals surface area (Å²) in [6, 6.07) is 57.9. The molecule has 5 heteroatoms. The smallest absolute Gasteiger partial charge is 0.269 e. The quantitative estimate of drug-likeness (QED) is 0.123. The van der Waals surface area contributed by atoms with E-state index in [0.29, 0.717) is 45.0 Å². The lowest BCUT2D eigenvalue weighted by atomic mass is 9.83. The Bertz CT molecular complexity index is 4790. The summed E-state index contributed by atoms with van der Waals surface area (Å²) < 4.78 is 121. The average molecular weight is 1010 g/mol. The van der Waals surface area contributed by atoms with E-state index in [-0.39, 0.29) is 49.9 Å². The van der Waals surface area contributed by atoms with Crippen LogP contribution in [-0.2, 0) is 10.8 Å². The summed E-state index contributed by atoms with van der Waals surface area (Å²) in [6.45, 7) is 1.49. The molecule has 376 valence electrons. The molecule has 0 fully saturated rings. The van der Waals surface area contributed by atoms with E-state index in [1.54, 1.807) is 12.1 Å². The summed E-state index contributed by atoms with van der Waals surface area (Å²) in [5.41, 5.74) is 8.87. The maximum atomic E-state index is 9.11. The Balaban J connectivity index is 1.14. The fourth-order valence-corrected chi connectivity index (χ4v) is 11.3. The van der Waals surface area contributed by atoms with Crippen molar-refractivity contribution in [1.82, 2.24) is 14.1 Å². The van der Waals surface area contributed by atoms with E-state index in [9.17, 15) is 0 Å². The summed E-state index contributed by atoms with van der Waals surface area (Å²) in [7, 11) is 0. The van der Waals surface area contributed by atoms with E-state index < -0.39 is 32.8 Å². The van der Waals surface area contributed by atoms with Gasteiger partial charge in [-0.15, -0.1) is 0 Å². The number of nitrogens with zero attached hydrogens (tertiary/aromatic N) is 4. The molecule has 0 atom stereocenters. The highest BCUT2D eigenvalue weighted by atomic mass is 16.5. The molecule has 0 radical (unpaired) electrons. The normalized spacial score (nSPS) is 15.2. The summed E-state index contributed by atoms with van der Waals surface area (Å²) in [5, 5.41) is 2.10. The first-order valence-electron chi connectivity index (χ1n) is 31.9.